The Morgan fingerprint density at radius 3 is 2.14 bits per heavy atom. The quantitative estimate of drug-likeness (QED) is 0.524. The Balaban J connectivity index is 2.19. The summed E-state index contributed by atoms with van der Waals surface area (Å²) in [4.78, 5) is 0. The number of hydrogen-bond donors (Lipinski definition) is 0. The van der Waals surface area contributed by atoms with Gasteiger partial charge in [0, 0.05) is 5.56 Å². The second-order valence-electron chi connectivity index (χ2n) is 6.08. The molecule has 1 fully saturated rings. The molecule has 124 valence electrons. The summed E-state index contributed by atoms with van der Waals surface area (Å²) in [5, 5.41) is 0. The Morgan fingerprint density at radius 1 is 1.00 bits per heavy atom. The topological polar surface area (TPSA) is 35.5 Å². The number of nitrogens with zero attached hydrogens (tertiary/aromatic N) is 1. The van der Waals surface area contributed by atoms with E-state index in [2.05, 4.69) is 24.3 Å². The molecule has 1 aliphatic rings. The fourth-order valence-electron chi connectivity index (χ4n) is 3.38. The lowest BCUT2D eigenvalue weighted by Gasteiger charge is -2.42. The van der Waals surface area contributed by atoms with Crippen molar-refractivity contribution in [2.45, 2.75) is 39.7 Å². The number of piperidine rings is 1. The smallest absolute Gasteiger partial charge is 0.310 e. The van der Waals surface area contributed by atoms with Crippen LogP contribution in [0.4, 0.5) is 0 Å². The normalized spacial score (nSPS) is 18.3. The lowest BCUT2D eigenvalue weighted by atomic mass is 10.1. The average Bonchev–Trinajstić information content (AvgIpc) is 2.49. The molecule has 0 aliphatic carbocycles. The highest BCUT2D eigenvalue weighted by Crippen LogP contribution is 2.51. The van der Waals surface area contributed by atoms with Crippen molar-refractivity contribution >= 4 is 7.60 Å². The van der Waals surface area contributed by atoms with E-state index in [0.717, 1.165) is 24.1 Å². The SMILES string of the molecule is CCOP(=O)(C[N+]1(Cc2ccccc2)CCCCC1)OCC. The minimum Gasteiger partial charge on any atom is -0.310 e. The molecule has 0 amide bonds. The van der Waals surface area contributed by atoms with Crippen molar-refractivity contribution in [3.63, 3.8) is 0 Å². The standard InChI is InChI=1S/C17H29NO3P/c1-3-20-22(19,21-4-2)16-18(13-9-6-10-14-18)15-17-11-7-5-8-12-17/h5,7-8,11-12H,3-4,6,9-10,13-16H2,1-2H3/q+1. The molecule has 0 radical (unpaired) electrons. The Kier molecular flexibility index (Phi) is 6.64. The largest absolute Gasteiger partial charge is 0.384 e. The fraction of sp³-hybridized carbons (Fsp3) is 0.647. The molecular weight excluding hydrogens is 297 g/mol. The Morgan fingerprint density at radius 2 is 1.59 bits per heavy atom. The van der Waals surface area contributed by atoms with E-state index in [1.54, 1.807) is 0 Å². The summed E-state index contributed by atoms with van der Waals surface area (Å²) in [6, 6.07) is 10.5. The van der Waals surface area contributed by atoms with Gasteiger partial charge in [0.1, 0.15) is 6.54 Å². The van der Waals surface area contributed by atoms with E-state index in [4.69, 9.17) is 9.05 Å². The van der Waals surface area contributed by atoms with Gasteiger partial charge in [-0.3, -0.25) is 4.57 Å². The lowest BCUT2D eigenvalue weighted by Crippen LogP contribution is -2.51. The van der Waals surface area contributed by atoms with Crippen LogP contribution in [0, 0.1) is 0 Å². The minimum atomic E-state index is -3.02. The number of benzene rings is 1. The van der Waals surface area contributed by atoms with Gasteiger partial charge in [-0.15, -0.1) is 0 Å². The summed E-state index contributed by atoms with van der Waals surface area (Å²) in [6.07, 6.45) is 4.13. The van der Waals surface area contributed by atoms with Crippen LogP contribution in [0.3, 0.4) is 0 Å². The summed E-state index contributed by atoms with van der Waals surface area (Å²) < 4.78 is 24.9. The molecular formula is C17H29NO3P+. The third kappa shape index (κ3) is 4.92. The second-order valence-corrected chi connectivity index (χ2v) is 8.10. The van der Waals surface area contributed by atoms with E-state index < -0.39 is 7.60 Å². The molecule has 1 saturated heterocycles. The predicted octanol–water partition coefficient (Wildman–Crippen LogP) is 4.41. The van der Waals surface area contributed by atoms with E-state index in [1.807, 2.05) is 19.9 Å². The first-order valence-corrected chi connectivity index (χ1v) is 10.1. The minimum absolute atomic E-state index is 0.433. The van der Waals surface area contributed by atoms with Crippen molar-refractivity contribution in [1.29, 1.82) is 0 Å². The van der Waals surface area contributed by atoms with Gasteiger partial charge in [0.15, 0.2) is 6.29 Å². The molecule has 0 spiro atoms. The van der Waals surface area contributed by atoms with Crippen LogP contribution in [-0.2, 0) is 20.2 Å². The average molecular weight is 326 g/mol. The van der Waals surface area contributed by atoms with Gasteiger partial charge < -0.3 is 13.5 Å². The molecule has 1 aromatic rings. The molecule has 0 saturated carbocycles. The van der Waals surface area contributed by atoms with Gasteiger partial charge in [-0.25, -0.2) is 0 Å². The van der Waals surface area contributed by atoms with Gasteiger partial charge >= 0.3 is 7.60 Å². The van der Waals surface area contributed by atoms with Crippen LogP contribution in [0.15, 0.2) is 30.3 Å². The van der Waals surface area contributed by atoms with E-state index in [1.165, 1.54) is 24.8 Å². The third-order valence-corrected chi connectivity index (χ3v) is 6.50. The maximum atomic E-state index is 13.0. The molecule has 1 aliphatic heterocycles. The zero-order valence-corrected chi connectivity index (χ0v) is 14.8. The second kappa shape index (κ2) is 8.26. The number of hydrogen-bond acceptors (Lipinski definition) is 3. The lowest BCUT2D eigenvalue weighted by molar-refractivity contribution is -0.935. The molecule has 0 aromatic heterocycles. The van der Waals surface area contributed by atoms with Crippen LogP contribution in [-0.4, -0.2) is 37.1 Å². The zero-order valence-electron chi connectivity index (χ0n) is 13.9. The molecule has 1 heterocycles. The Bertz CT molecular complexity index is 476. The van der Waals surface area contributed by atoms with E-state index in [0.29, 0.717) is 19.5 Å². The van der Waals surface area contributed by atoms with Crippen molar-refractivity contribution in [2.24, 2.45) is 0 Å². The first kappa shape index (κ1) is 17.7. The summed E-state index contributed by atoms with van der Waals surface area (Å²) >= 11 is 0. The van der Waals surface area contributed by atoms with E-state index in [9.17, 15) is 4.57 Å². The zero-order chi connectivity index (χ0) is 15.9. The van der Waals surface area contributed by atoms with Gasteiger partial charge in [0.2, 0.25) is 0 Å². The number of rotatable bonds is 8. The molecule has 0 atom stereocenters. The van der Waals surface area contributed by atoms with Crippen LogP contribution in [0.25, 0.3) is 0 Å². The molecule has 0 N–H and O–H groups in total. The first-order chi connectivity index (χ1) is 10.6. The fourth-order valence-corrected chi connectivity index (χ4v) is 5.53. The van der Waals surface area contributed by atoms with Gasteiger partial charge in [-0.2, -0.15) is 0 Å². The highest BCUT2D eigenvalue weighted by Gasteiger charge is 2.40. The number of quaternary nitrogens is 1. The summed E-state index contributed by atoms with van der Waals surface area (Å²) in [5.41, 5.74) is 1.30. The van der Waals surface area contributed by atoms with Crippen molar-refractivity contribution in [2.75, 3.05) is 32.6 Å². The van der Waals surface area contributed by atoms with Crippen LogP contribution in [0.2, 0.25) is 0 Å². The van der Waals surface area contributed by atoms with Gasteiger partial charge in [-0.1, -0.05) is 30.3 Å². The maximum Gasteiger partial charge on any atom is 0.384 e. The van der Waals surface area contributed by atoms with Crippen LogP contribution in [0.5, 0.6) is 0 Å². The van der Waals surface area contributed by atoms with Gasteiger partial charge in [0.25, 0.3) is 0 Å². The van der Waals surface area contributed by atoms with Crippen molar-refractivity contribution in [3.8, 4) is 0 Å². The van der Waals surface area contributed by atoms with Crippen LogP contribution in [0.1, 0.15) is 38.7 Å². The maximum absolute atomic E-state index is 13.0. The molecule has 2 rings (SSSR count). The number of likely N-dealkylation sites (tertiary alicyclic amines) is 1. The van der Waals surface area contributed by atoms with Gasteiger partial charge in [-0.05, 0) is 33.1 Å². The highest BCUT2D eigenvalue weighted by molar-refractivity contribution is 7.53. The first-order valence-electron chi connectivity index (χ1n) is 8.38. The Labute approximate surface area is 134 Å². The van der Waals surface area contributed by atoms with E-state index >= 15 is 0 Å². The molecule has 22 heavy (non-hydrogen) atoms. The Hall–Kier alpha value is -0.670. The summed E-state index contributed by atoms with van der Waals surface area (Å²) in [7, 11) is -3.02. The molecule has 0 bridgehead atoms. The van der Waals surface area contributed by atoms with E-state index in [-0.39, 0.29) is 0 Å². The molecule has 1 aromatic carbocycles. The van der Waals surface area contributed by atoms with Crippen molar-refractivity contribution in [1.82, 2.24) is 0 Å². The van der Waals surface area contributed by atoms with Crippen LogP contribution >= 0.6 is 7.60 Å². The predicted molar refractivity (Wildman–Crippen MR) is 89.7 cm³/mol. The molecule has 4 nitrogen and oxygen atoms in total. The highest BCUT2D eigenvalue weighted by atomic mass is 31.2. The third-order valence-electron chi connectivity index (χ3n) is 4.25. The summed E-state index contributed by atoms with van der Waals surface area (Å²) in [6.45, 7) is 7.64. The van der Waals surface area contributed by atoms with Crippen molar-refractivity contribution in [3.05, 3.63) is 35.9 Å². The molecule has 0 unspecified atom stereocenters. The monoisotopic (exact) mass is 326 g/mol. The van der Waals surface area contributed by atoms with Gasteiger partial charge in [0.05, 0.1) is 26.3 Å². The van der Waals surface area contributed by atoms with Crippen molar-refractivity contribution < 1.29 is 18.1 Å². The summed E-state index contributed by atoms with van der Waals surface area (Å²) in [5.74, 6) is 0. The van der Waals surface area contributed by atoms with Crippen LogP contribution < -0.4 is 0 Å². The molecule has 5 heteroatoms.